The van der Waals surface area contributed by atoms with Crippen molar-refractivity contribution in [3.05, 3.63) is 53.3 Å². The SMILES string of the molecule is COCCOCCOCC[n+]1c(C)cc(-c2ccc(C)cc2)cc1C.F[B-](F)(F)F. The van der Waals surface area contributed by atoms with Crippen LogP contribution < -0.4 is 4.57 Å². The fourth-order valence-electron chi connectivity index (χ4n) is 2.81. The Bertz CT molecular complexity index is 726. The predicted molar refractivity (Wildman–Crippen MR) is 110 cm³/mol. The second-order valence-corrected chi connectivity index (χ2v) is 6.76. The van der Waals surface area contributed by atoms with Crippen LogP contribution in [0.5, 0.6) is 0 Å². The van der Waals surface area contributed by atoms with Crippen molar-refractivity contribution >= 4 is 7.25 Å². The highest BCUT2D eigenvalue weighted by molar-refractivity contribution is 6.50. The van der Waals surface area contributed by atoms with E-state index in [1.165, 1.54) is 28.1 Å². The number of aromatic nitrogens is 1. The highest BCUT2D eigenvalue weighted by Gasteiger charge is 2.20. The monoisotopic (exact) mass is 431 g/mol. The molecule has 1 heterocycles. The van der Waals surface area contributed by atoms with Crippen molar-refractivity contribution in [2.45, 2.75) is 27.3 Å². The molecule has 0 spiro atoms. The quantitative estimate of drug-likeness (QED) is 0.240. The largest absolute Gasteiger partial charge is 0.673 e. The Labute approximate surface area is 175 Å². The van der Waals surface area contributed by atoms with Gasteiger partial charge in [-0.15, -0.1) is 0 Å². The molecule has 0 saturated heterocycles. The lowest BCUT2D eigenvalue weighted by molar-refractivity contribution is -0.709. The van der Waals surface area contributed by atoms with Crippen molar-refractivity contribution in [3.63, 3.8) is 0 Å². The van der Waals surface area contributed by atoms with E-state index in [1.54, 1.807) is 7.11 Å². The van der Waals surface area contributed by atoms with Crippen molar-refractivity contribution in [1.29, 1.82) is 0 Å². The van der Waals surface area contributed by atoms with Crippen LogP contribution in [0.15, 0.2) is 36.4 Å². The van der Waals surface area contributed by atoms with Crippen LogP contribution in [0.25, 0.3) is 11.1 Å². The Morgan fingerprint density at radius 2 is 1.20 bits per heavy atom. The summed E-state index contributed by atoms with van der Waals surface area (Å²) in [5, 5.41) is 0. The van der Waals surface area contributed by atoms with Crippen LogP contribution in [0.4, 0.5) is 17.3 Å². The van der Waals surface area contributed by atoms with E-state index in [4.69, 9.17) is 14.2 Å². The molecule has 4 nitrogen and oxygen atoms in total. The van der Waals surface area contributed by atoms with Gasteiger partial charge in [-0.1, -0.05) is 29.8 Å². The Morgan fingerprint density at radius 3 is 1.70 bits per heavy atom. The average molecular weight is 431 g/mol. The van der Waals surface area contributed by atoms with Crippen LogP contribution in [0.1, 0.15) is 17.0 Å². The van der Waals surface area contributed by atoms with Gasteiger partial charge >= 0.3 is 7.25 Å². The number of benzene rings is 1. The third-order valence-electron chi connectivity index (χ3n) is 4.23. The lowest BCUT2D eigenvalue weighted by Gasteiger charge is -2.09. The molecule has 1 aromatic heterocycles. The van der Waals surface area contributed by atoms with Gasteiger partial charge in [-0.05, 0) is 18.1 Å². The summed E-state index contributed by atoms with van der Waals surface area (Å²) in [4.78, 5) is 0. The van der Waals surface area contributed by atoms with Gasteiger partial charge in [0.25, 0.3) is 0 Å². The topological polar surface area (TPSA) is 31.6 Å². The van der Waals surface area contributed by atoms with Crippen LogP contribution in [-0.2, 0) is 20.8 Å². The molecule has 0 N–H and O–H groups in total. The molecule has 0 bridgehead atoms. The molecular formula is C21H30BF4NO3. The highest BCUT2D eigenvalue weighted by Crippen LogP contribution is 2.20. The smallest absolute Gasteiger partial charge is 0.418 e. The van der Waals surface area contributed by atoms with Crippen molar-refractivity contribution in [1.82, 2.24) is 0 Å². The van der Waals surface area contributed by atoms with Gasteiger partial charge in [0.1, 0.15) is 6.61 Å². The van der Waals surface area contributed by atoms with E-state index in [1.807, 2.05) is 0 Å². The molecule has 0 atom stereocenters. The maximum absolute atomic E-state index is 9.75. The number of hydrogen-bond acceptors (Lipinski definition) is 3. The Kier molecular flexibility index (Phi) is 11.6. The Morgan fingerprint density at radius 1 is 0.733 bits per heavy atom. The zero-order valence-electron chi connectivity index (χ0n) is 18.0. The minimum absolute atomic E-state index is 0.609. The van der Waals surface area contributed by atoms with Gasteiger partial charge in [0, 0.05) is 33.1 Å². The van der Waals surface area contributed by atoms with Crippen LogP contribution >= 0.6 is 0 Å². The molecule has 168 valence electrons. The van der Waals surface area contributed by atoms with Crippen LogP contribution in [-0.4, -0.2) is 47.4 Å². The fourth-order valence-corrected chi connectivity index (χ4v) is 2.81. The number of halogens is 4. The highest BCUT2D eigenvalue weighted by atomic mass is 19.5. The number of hydrogen-bond donors (Lipinski definition) is 0. The molecule has 0 fully saturated rings. The van der Waals surface area contributed by atoms with E-state index < -0.39 is 7.25 Å². The van der Waals surface area contributed by atoms with Crippen molar-refractivity contribution < 1.29 is 36.0 Å². The normalized spacial score (nSPS) is 11.2. The molecule has 0 saturated carbocycles. The van der Waals surface area contributed by atoms with E-state index in [0.717, 1.165) is 6.54 Å². The summed E-state index contributed by atoms with van der Waals surface area (Å²) < 4.78 is 57.3. The molecule has 2 aromatic rings. The molecular weight excluding hydrogens is 401 g/mol. The van der Waals surface area contributed by atoms with Crippen LogP contribution in [0, 0.1) is 20.8 Å². The maximum atomic E-state index is 9.75. The molecule has 0 aliphatic carbocycles. The van der Waals surface area contributed by atoms with E-state index >= 15 is 0 Å². The third-order valence-corrected chi connectivity index (χ3v) is 4.23. The number of aryl methyl sites for hydroxylation is 3. The first kappa shape index (κ1) is 26.1. The van der Waals surface area contributed by atoms with Gasteiger partial charge in [-0.3, -0.25) is 0 Å². The fraction of sp³-hybridized carbons (Fsp3) is 0.476. The summed E-state index contributed by atoms with van der Waals surface area (Å²) in [6.07, 6.45) is 0. The van der Waals surface area contributed by atoms with Gasteiger partial charge in [0.15, 0.2) is 17.9 Å². The third kappa shape index (κ3) is 11.3. The molecule has 1 aromatic carbocycles. The Balaban J connectivity index is 0.000000804. The predicted octanol–water partition coefficient (Wildman–Crippen LogP) is 4.55. The lowest BCUT2D eigenvalue weighted by Crippen LogP contribution is -2.42. The second-order valence-electron chi connectivity index (χ2n) is 6.76. The van der Waals surface area contributed by atoms with Gasteiger partial charge < -0.3 is 31.5 Å². The molecule has 0 unspecified atom stereocenters. The molecule has 0 aliphatic heterocycles. The molecule has 0 radical (unpaired) electrons. The van der Waals surface area contributed by atoms with Crippen LogP contribution in [0.2, 0.25) is 0 Å². The first-order chi connectivity index (χ1) is 14.1. The molecule has 2 rings (SSSR count). The summed E-state index contributed by atoms with van der Waals surface area (Å²) in [5.74, 6) is 0. The van der Waals surface area contributed by atoms with Gasteiger partial charge in [0.2, 0.25) is 0 Å². The summed E-state index contributed by atoms with van der Waals surface area (Å²) in [6.45, 7) is 10.4. The summed E-state index contributed by atoms with van der Waals surface area (Å²) in [6, 6.07) is 13.2. The van der Waals surface area contributed by atoms with E-state index in [9.17, 15) is 17.3 Å². The minimum Gasteiger partial charge on any atom is -0.418 e. The van der Waals surface area contributed by atoms with Crippen molar-refractivity contribution in [3.8, 4) is 11.1 Å². The van der Waals surface area contributed by atoms with E-state index in [-0.39, 0.29) is 0 Å². The summed E-state index contributed by atoms with van der Waals surface area (Å²) in [5.41, 5.74) is 6.30. The van der Waals surface area contributed by atoms with E-state index in [2.05, 4.69) is 61.7 Å². The van der Waals surface area contributed by atoms with E-state index in [0.29, 0.717) is 33.0 Å². The van der Waals surface area contributed by atoms with Gasteiger partial charge in [-0.2, -0.15) is 4.57 Å². The van der Waals surface area contributed by atoms with Crippen LogP contribution in [0.3, 0.4) is 0 Å². The number of methoxy groups -OCH3 is 1. The number of pyridine rings is 1. The zero-order chi connectivity index (χ0) is 22.6. The minimum atomic E-state index is -6.00. The number of rotatable bonds is 10. The zero-order valence-corrected chi connectivity index (χ0v) is 18.0. The molecule has 9 heteroatoms. The Hall–Kier alpha value is -1.97. The van der Waals surface area contributed by atoms with Gasteiger partial charge in [-0.25, -0.2) is 0 Å². The van der Waals surface area contributed by atoms with Gasteiger partial charge in [0.05, 0.1) is 26.4 Å². The first-order valence-corrected chi connectivity index (χ1v) is 9.71. The molecule has 0 aliphatic rings. The molecule has 0 amide bonds. The molecule has 30 heavy (non-hydrogen) atoms. The lowest BCUT2D eigenvalue weighted by atomic mass is 10.0. The first-order valence-electron chi connectivity index (χ1n) is 9.71. The average Bonchev–Trinajstić information content (AvgIpc) is 2.65. The maximum Gasteiger partial charge on any atom is 0.673 e. The second kappa shape index (κ2) is 13.4. The standard InChI is InChI=1S/C21H30NO3.BF4/c1-17-5-7-20(8-6-17)21-15-18(2)22(19(3)16-21)9-10-24-13-14-25-12-11-23-4;2-1(3,4)5/h5-8,15-16H,9-14H2,1-4H3;/q+1;-1. The van der Waals surface area contributed by atoms with Crippen molar-refractivity contribution in [2.24, 2.45) is 0 Å². The number of nitrogens with zero attached hydrogens (tertiary/aromatic N) is 1. The summed E-state index contributed by atoms with van der Waals surface area (Å²) in [7, 11) is -4.33. The number of ether oxygens (including phenoxy) is 3. The summed E-state index contributed by atoms with van der Waals surface area (Å²) >= 11 is 0. The van der Waals surface area contributed by atoms with Crippen molar-refractivity contribution in [2.75, 3.05) is 40.1 Å².